The van der Waals surface area contributed by atoms with Crippen LogP contribution < -0.4 is 68.9 Å². The summed E-state index contributed by atoms with van der Waals surface area (Å²) in [6, 6.07) is 0. The van der Waals surface area contributed by atoms with Crippen molar-refractivity contribution in [1.29, 1.82) is 0 Å². The van der Waals surface area contributed by atoms with Gasteiger partial charge in [0.15, 0.2) is 0 Å². The maximum absolute atomic E-state index is 13.5. The molecule has 0 amide bonds. The molecular formula is C12H2F23Na2O4P. The zero-order valence-corrected chi connectivity index (χ0v) is 23.9. The van der Waals surface area contributed by atoms with Crippen LogP contribution in [-0.4, -0.2) is 72.0 Å². The van der Waals surface area contributed by atoms with Crippen molar-refractivity contribution in [3.05, 3.63) is 0 Å². The summed E-state index contributed by atoms with van der Waals surface area (Å²) in [5.74, 6) is -89.8. The molecule has 0 atom stereocenters. The van der Waals surface area contributed by atoms with Gasteiger partial charge in [-0.1, -0.05) is 0 Å². The molecule has 242 valence electrons. The molecule has 4 nitrogen and oxygen atoms in total. The van der Waals surface area contributed by atoms with Crippen molar-refractivity contribution in [3.8, 4) is 0 Å². The predicted molar refractivity (Wildman–Crippen MR) is 69.1 cm³/mol. The van der Waals surface area contributed by atoms with Gasteiger partial charge in [0.05, 0.1) is 7.82 Å². The second kappa shape index (κ2) is 12.3. The number of halogens is 23. The molecule has 0 aliphatic heterocycles. The Bertz CT molecular complexity index is 988. The van der Waals surface area contributed by atoms with Crippen LogP contribution in [0.15, 0.2) is 0 Å². The number of hydrogen-bond donors (Lipinski definition) is 0. The fourth-order valence-electron chi connectivity index (χ4n) is 2.04. The van der Waals surface area contributed by atoms with Crippen molar-refractivity contribution < 1.29 is 179 Å². The van der Waals surface area contributed by atoms with E-state index < -0.39 is 79.8 Å². The van der Waals surface area contributed by atoms with E-state index in [2.05, 4.69) is 4.52 Å². The average Bonchev–Trinajstić information content (AvgIpc) is 2.69. The molecule has 0 aromatic carbocycles. The minimum absolute atomic E-state index is 0. The van der Waals surface area contributed by atoms with E-state index in [0.29, 0.717) is 0 Å². The van der Waals surface area contributed by atoms with Gasteiger partial charge in [-0.3, -0.25) is 0 Å². The normalized spacial score (nSPS) is 16.1. The van der Waals surface area contributed by atoms with Crippen LogP contribution in [0.5, 0.6) is 0 Å². The molecule has 0 unspecified atom stereocenters. The first-order valence-corrected chi connectivity index (χ1v) is 9.68. The summed E-state index contributed by atoms with van der Waals surface area (Å²) in [4.78, 5) is 19.9. The Balaban J connectivity index is -0.00000760. The Labute approximate surface area is 258 Å². The molecule has 0 N–H and O–H groups in total. The van der Waals surface area contributed by atoms with Crippen molar-refractivity contribution in [2.45, 2.75) is 65.4 Å². The first-order chi connectivity index (χ1) is 16.7. The van der Waals surface area contributed by atoms with Gasteiger partial charge in [0.1, 0.15) is 6.61 Å². The van der Waals surface area contributed by atoms with Gasteiger partial charge >= 0.3 is 125 Å². The maximum atomic E-state index is 13.5. The molecule has 0 aromatic rings. The smallest absolute Gasteiger partial charge is 0.790 e. The predicted octanol–water partition coefficient (Wildman–Crippen LogP) is -0.245. The standard InChI is InChI=1S/C12H4F23O4P.2Na/c13-2(14,1-39-40(36,37)38)3(15,16)4(17,18)5(19,20)6(21,22)7(23,24)8(25,26)9(27,28)10(29,30)11(31,32)12(33,34)35;;/h1H2,(H2,36,37,38);;/q;2*+1/p-2. The van der Waals surface area contributed by atoms with Crippen LogP contribution in [0, 0.1) is 0 Å². The van der Waals surface area contributed by atoms with E-state index in [1.165, 1.54) is 0 Å². The second-order valence-electron chi connectivity index (χ2n) is 7.09. The fraction of sp³-hybridized carbons (Fsp3) is 1.00. The number of phosphoric acid groups is 1. The first-order valence-electron chi connectivity index (χ1n) is 8.22. The van der Waals surface area contributed by atoms with Crippen LogP contribution in [0.3, 0.4) is 0 Å². The average molecular weight is 724 g/mol. The van der Waals surface area contributed by atoms with E-state index in [9.17, 15) is 115 Å². The zero-order chi connectivity index (χ0) is 33.4. The molecule has 0 saturated carbocycles. The summed E-state index contributed by atoms with van der Waals surface area (Å²) in [6.07, 6.45) is -8.15. The van der Waals surface area contributed by atoms with Gasteiger partial charge in [0.2, 0.25) is 0 Å². The molecule has 0 radical (unpaired) electrons. The molecule has 0 fully saturated rings. The summed E-state index contributed by atoms with van der Waals surface area (Å²) in [6.45, 7) is -4.02. The molecule has 0 aliphatic carbocycles. The van der Waals surface area contributed by atoms with E-state index in [-0.39, 0.29) is 59.1 Å². The number of alkyl halides is 23. The van der Waals surface area contributed by atoms with Crippen molar-refractivity contribution in [2.24, 2.45) is 0 Å². The summed E-state index contributed by atoms with van der Waals surface area (Å²) in [7, 11) is -6.98. The minimum atomic E-state index is -9.54. The van der Waals surface area contributed by atoms with E-state index in [1.807, 2.05) is 0 Å². The number of hydrogen-bond acceptors (Lipinski definition) is 4. The summed E-state index contributed by atoms with van der Waals surface area (Å²) < 4.78 is 314. The van der Waals surface area contributed by atoms with Crippen LogP contribution in [0.25, 0.3) is 0 Å². The van der Waals surface area contributed by atoms with Gasteiger partial charge in [0.25, 0.3) is 0 Å². The van der Waals surface area contributed by atoms with Crippen LogP contribution in [0.2, 0.25) is 0 Å². The Morgan fingerprint density at radius 1 is 0.405 bits per heavy atom. The monoisotopic (exact) mass is 724 g/mol. The molecule has 0 rings (SSSR count). The van der Waals surface area contributed by atoms with Crippen molar-refractivity contribution in [3.63, 3.8) is 0 Å². The Kier molecular flexibility index (Phi) is 13.7. The van der Waals surface area contributed by atoms with Crippen molar-refractivity contribution in [2.75, 3.05) is 6.61 Å². The molecule has 0 aromatic heterocycles. The van der Waals surface area contributed by atoms with Gasteiger partial charge in [-0.2, -0.15) is 101 Å². The Morgan fingerprint density at radius 2 is 0.595 bits per heavy atom. The molecule has 0 saturated heterocycles. The van der Waals surface area contributed by atoms with E-state index in [1.54, 1.807) is 0 Å². The number of phosphoric ester groups is 1. The van der Waals surface area contributed by atoms with Crippen LogP contribution in [0.4, 0.5) is 101 Å². The van der Waals surface area contributed by atoms with Crippen molar-refractivity contribution in [1.82, 2.24) is 0 Å². The molecule has 0 spiro atoms. The van der Waals surface area contributed by atoms with E-state index in [0.717, 1.165) is 0 Å². The summed E-state index contributed by atoms with van der Waals surface area (Å²) in [5.41, 5.74) is 0. The van der Waals surface area contributed by atoms with Gasteiger partial charge in [-0.25, -0.2) is 0 Å². The largest absolute Gasteiger partial charge is 1.00 e. The Morgan fingerprint density at radius 3 is 0.786 bits per heavy atom. The van der Waals surface area contributed by atoms with Gasteiger partial charge in [-0.05, 0) is 0 Å². The summed E-state index contributed by atoms with van der Waals surface area (Å²) >= 11 is 0. The SMILES string of the molecule is O=P([O-])([O-])OCC(F)(F)C(F)(F)C(F)(F)C(F)(F)C(F)(F)C(F)(F)C(F)(F)C(F)(F)C(F)(F)C(F)(F)C(F)(F)F.[Na+].[Na+]. The van der Waals surface area contributed by atoms with Crippen LogP contribution >= 0.6 is 7.82 Å². The molecule has 42 heavy (non-hydrogen) atoms. The minimum Gasteiger partial charge on any atom is -0.790 e. The van der Waals surface area contributed by atoms with Gasteiger partial charge in [-0.15, -0.1) is 0 Å². The zero-order valence-electron chi connectivity index (χ0n) is 19.0. The molecule has 0 heterocycles. The van der Waals surface area contributed by atoms with E-state index in [4.69, 9.17) is 0 Å². The second-order valence-corrected chi connectivity index (χ2v) is 8.25. The third kappa shape index (κ3) is 6.65. The third-order valence-electron chi connectivity index (χ3n) is 4.37. The summed E-state index contributed by atoms with van der Waals surface area (Å²) in [5, 5.41) is 0. The topological polar surface area (TPSA) is 72.4 Å². The van der Waals surface area contributed by atoms with Crippen molar-refractivity contribution >= 4 is 7.82 Å². The molecular weight excluding hydrogens is 722 g/mol. The third-order valence-corrected chi connectivity index (χ3v) is 4.82. The Hall–Kier alpha value is 0.500. The molecule has 0 bridgehead atoms. The van der Waals surface area contributed by atoms with Gasteiger partial charge < -0.3 is 18.9 Å². The molecule has 0 aliphatic rings. The van der Waals surface area contributed by atoms with Gasteiger partial charge in [0, 0.05) is 0 Å². The van der Waals surface area contributed by atoms with Crippen LogP contribution in [0.1, 0.15) is 0 Å². The quantitative estimate of drug-likeness (QED) is 0.159. The molecule has 30 heteroatoms. The first kappa shape index (κ1) is 46.9. The maximum Gasteiger partial charge on any atom is 1.00 e. The fourth-order valence-corrected chi connectivity index (χ4v) is 2.36. The van der Waals surface area contributed by atoms with E-state index >= 15 is 0 Å². The van der Waals surface area contributed by atoms with Crippen LogP contribution in [-0.2, 0) is 9.09 Å². The number of rotatable bonds is 12.